The Morgan fingerprint density at radius 1 is 0.833 bits per heavy atom. The van der Waals surface area contributed by atoms with Crippen LogP contribution < -0.4 is 10.6 Å². The number of aromatic nitrogens is 6. The minimum absolute atomic E-state index is 0.0813. The van der Waals surface area contributed by atoms with Crippen molar-refractivity contribution in [2.75, 3.05) is 24.5 Å². The summed E-state index contributed by atoms with van der Waals surface area (Å²) in [6.07, 6.45) is 9.68. The molecule has 4 N–H and O–H groups in total. The van der Waals surface area contributed by atoms with Crippen LogP contribution in [0.25, 0.3) is 22.1 Å². The normalized spacial score (nSPS) is 15.2. The third kappa shape index (κ3) is 5.13. The Labute approximate surface area is 223 Å². The Bertz CT molecular complexity index is 1470. The summed E-state index contributed by atoms with van der Waals surface area (Å²) in [6, 6.07) is 9.75. The van der Waals surface area contributed by atoms with E-state index >= 15 is 0 Å². The quantitative estimate of drug-likeness (QED) is 0.252. The van der Waals surface area contributed by atoms with E-state index in [2.05, 4.69) is 34.8 Å². The lowest BCUT2D eigenvalue weighted by atomic mass is 9.74. The Kier molecular flexibility index (Phi) is 7.29. The monoisotopic (exact) mass is 542 g/mol. The summed E-state index contributed by atoms with van der Waals surface area (Å²) in [5, 5.41) is 3.61. The predicted molar refractivity (Wildman–Crippen MR) is 146 cm³/mol. The molecule has 1 aromatic carbocycles. The van der Waals surface area contributed by atoms with Gasteiger partial charge in [0, 0.05) is 25.5 Å². The highest BCUT2D eigenvalue weighted by atomic mass is 35.5. The average molecular weight is 544 g/mol. The Balaban J connectivity index is 0.000000222. The zero-order chi connectivity index (χ0) is 25.1. The number of rotatable bonds is 4. The zero-order valence-electron chi connectivity index (χ0n) is 19.4. The molecule has 186 valence electrons. The molecule has 0 spiro atoms. The topological polar surface area (TPSA) is 112 Å². The van der Waals surface area contributed by atoms with Gasteiger partial charge in [-0.25, -0.2) is 19.9 Å². The molecule has 1 fully saturated rings. The minimum Gasteiger partial charge on any atom is -0.356 e. The van der Waals surface area contributed by atoms with Gasteiger partial charge in [0.05, 0.1) is 20.8 Å². The van der Waals surface area contributed by atoms with E-state index in [0.29, 0.717) is 21.7 Å². The van der Waals surface area contributed by atoms with Gasteiger partial charge in [0.15, 0.2) is 0 Å². The fourth-order valence-corrected chi connectivity index (χ4v) is 5.20. The van der Waals surface area contributed by atoms with Gasteiger partial charge in [0.1, 0.15) is 34.9 Å². The summed E-state index contributed by atoms with van der Waals surface area (Å²) in [6.45, 7) is 2.51. The van der Waals surface area contributed by atoms with E-state index in [1.165, 1.54) is 11.9 Å². The minimum atomic E-state index is 0.0813. The van der Waals surface area contributed by atoms with Crippen LogP contribution in [-0.4, -0.2) is 49.5 Å². The Morgan fingerprint density at radius 2 is 1.50 bits per heavy atom. The molecule has 4 aromatic heterocycles. The fourth-order valence-electron chi connectivity index (χ4n) is 4.68. The van der Waals surface area contributed by atoms with Crippen LogP contribution in [0.1, 0.15) is 18.4 Å². The van der Waals surface area contributed by atoms with Gasteiger partial charge in [0.2, 0.25) is 0 Å². The Hall–Kier alpha value is -2.91. The molecule has 0 radical (unpaired) electrons. The van der Waals surface area contributed by atoms with Crippen molar-refractivity contribution >= 4 is 62.7 Å². The molecule has 1 aliphatic rings. The zero-order valence-corrected chi connectivity index (χ0v) is 21.7. The van der Waals surface area contributed by atoms with E-state index in [0.717, 1.165) is 60.2 Å². The largest absolute Gasteiger partial charge is 0.356 e. The molecule has 0 saturated carbocycles. The number of aromatic amines is 2. The van der Waals surface area contributed by atoms with Crippen LogP contribution in [0.5, 0.6) is 0 Å². The van der Waals surface area contributed by atoms with Crippen LogP contribution in [0.15, 0.2) is 55.4 Å². The lowest BCUT2D eigenvalue weighted by Gasteiger charge is -2.42. The third-order valence-electron chi connectivity index (χ3n) is 6.76. The van der Waals surface area contributed by atoms with E-state index in [4.69, 9.17) is 40.5 Å². The number of nitrogens with zero attached hydrogens (tertiary/aromatic N) is 5. The third-order valence-corrected chi connectivity index (χ3v) is 7.80. The molecule has 0 bridgehead atoms. The first-order chi connectivity index (χ1) is 17.5. The maximum absolute atomic E-state index is 6.20. The number of hydrogen-bond acceptors (Lipinski definition) is 6. The van der Waals surface area contributed by atoms with Crippen LogP contribution in [0.3, 0.4) is 0 Å². The highest BCUT2D eigenvalue weighted by Crippen LogP contribution is 2.37. The molecular formula is C25H25Cl3N8. The highest BCUT2D eigenvalue weighted by molar-refractivity contribution is 6.42. The second-order valence-corrected chi connectivity index (χ2v) is 10.1. The summed E-state index contributed by atoms with van der Waals surface area (Å²) in [5.74, 6) is 0.997. The summed E-state index contributed by atoms with van der Waals surface area (Å²) in [4.78, 5) is 25.0. The number of H-pyrrole nitrogens is 2. The standard InChI is InChI=1S/C19H21Cl2N5.C6H4ClN3/c20-15-2-1-13(9-16(15)21)10-19(11-22)4-7-26(8-5-19)18-14-3-6-23-17(14)24-12-25-18;7-5-4-1-2-8-6(4)10-3-9-5/h1-3,6,9,12H,4-5,7-8,10-11,22H2,(H,23,24,25);1-3H,(H,8,9,10). The van der Waals surface area contributed by atoms with Crippen LogP contribution in [0.4, 0.5) is 5.82 Å². The number of benzene rings is 1. The number of anilines is 1. The molecule has 1 saturated heterocycles. The first-order valence-corrected chi connectivity index (χ1v) is 12.7. The maximum atomic E-state index is 6.20. The van der Waals surface area contributed by atoms with Gasteiger partial charge in [-0.05, 0) is 61.1 Å². The number of fused-ring (bicyclic) bond motifs is 2. The second kappa shape index (κ2) is 10.6. The van der Waals surface area contributed by atoms with E-state index in [1.807, 2.05) is 36.5 Å². The van der Waals surface area contributed by atoms with Crippen molar-refractivity contribution in [1.29, 1.82) is 0 Å². The van der Waals surface area contributed by atoms with Gasteiger partial charge in [0.25, 0.3) is 0 Å². The van der Waals surface area contributed by atoms with Gasteiger partial charge in [-0.15, -0.1) is 0 Å². The molecule has 0 atom stereocenters. The first kappa shape index (κ1) is 24.8. The molecule has 5 aromatic rings. The molecule has 1 aliphatic heterocycles. The first-order valence-electron chi connectivity index (χ1n) is 11.6. The van der Waals surface area contributed by atoms with Gasteiger partial charge in [-0.1, -0.05) is 40.9 Å². The average Bonchev–Trinajstić information content (AvgIpc) is 3.58. The van der Waals surface area contributed by atoms with Crippen LogP contribution in [-0.2, 0) is 6.42 Å². The predicted octanol–water partition coefficient (Wildman–Crippen LogP) is 5.66. The summed E-state index contributed by atoms with van der Waals surface area (Å²) >= 11 is 17.9. The molecule has 11 heteroatoms. The molecule has 6 rings (SSSR count). The van der Waals surface area contributed by atoms with E-state index < -0.39 is 0 Å². The van der Waals surface area contributed by atoms with Crippen molar-refractivity contribution in [2.24, 2.45) is 11.1 Å². The number of halogens is 3. The lowest BCUT2D eigenvalue weighted by Crippen LogP contribution is -2.45. The summed E-state index contributed by atoms with van der Waals surface area (Å²) < 4.78 is 0. The van der Waals surface area contributed by atoms with Crippen molar-refractivity contribution < 1.29 is 0 Å². The van der Waals surface area contributed by atoms with Crippen LogP contribution in [0.2, 0.25) is 15.2 Å². The molecule has 36 heavy (non-hydrogen) atoms. The van der Waals surface area contributed by atoms with Gasteiger partial charge in [-0.2, -0.15) is 0 Å². The van der Waals surface area contributed by atoms with Crippen molar-refractivity contribution in [3.05, 3.63) is 76.1 Å². The summed E-state index contributed by atoms with van der Waals surface area (Å²) in [7, 11) is 0. The maximum Gasteiger partial charge on any atom is 0.142 e. The number of piperidine rings is 1. The molecule has 0 amide bonds. The van der Waals surface area contributed by atoms with Gasteiger partial charge >= 0.3 is 0 Å². The Morgan fingerprint density at radius 3 is 2.17 bits per heavy atom. The van der Waals surface area contributed by atoms with Crippen molar-refractivity contribution in [1.82, 2.24) is 29.9 Å². The lowest BCUT2D eigenvalue weighted by molar-refractivity contribution is 0.226. The summed E-state index contributed by atoms with van der Waals surface area (Å²) in [5.41, 5.74) is 9.13. The second-order valence-electron chi connectivity index (χ2n) is 8.96. The van der Waals surface area contributed by atoms with Gasteiger partial charge in [-0.3, -0.25) is 0 Å². The van der Waals surface area contributed by atoms with Crippen molar-refractivity contribution in [2.45, 2.75) is 19.3 Å². The van der Waals surface area contributed by atoms with Crippen LogP contribution >= 0.6 is 34.8 Å². The van der Waals surface area contributed by atoms with Crippen LogP contribution in [0, 0.1) is 5.41 Å². The molecule has 0 aliphatic carbocycles. The van der Waals surface area contributed by atoms with Gasteiger partial charge < -0.3 is 20.6 Å². The number of nitrogens with one attached hydrogen (secondary N) is 2. The van der Waals surface area contributed by atoms with E-state index in [9.17, 15) is 0 Å². The van der Waals surface area contributed by atoms with E-state index in [-0.39, 0.29) is 5.41 Å². The highest BCUT2D eigenvalue weighted by Gasteiger charge is 2.34. The van der Waals surface area contributed by atoms with Crippen molar-refractivity contribution in [3.63, 3.8) is 0 Å². The fraction of sp³-hybridized carbons (Fsp3) is 0.280. The van der Waals surface area contributed by atoms with E-state index in [1.54, 1.807) is 12.5 Å². The molecular weight excluding hydrogens is 519 g/mol. The SMILES string of the molecule is Clc1ncnc2[nH]ccc12.NCC1(Cc2ccc(Cl)c(Cl)c2)CCN(c2ncnc3[nH]ccc23)CC1. The number of hydrogen-bond donors (Lipinski definition) is 3. The number of nitrogens with two attached hydrogens (primary N) is 1. The molecule has 8 nitrogen and oxygen atoms in total. The smallest absolute Gasteiger partial charge is 0.142 e. The molecule has 0 unspecified atom stereocenters. The van der Waals surface area contributed by atoms with Crippen molar-refractivity contribution in [3.8, 4) is 0 Å². The molecule has 5 heterocycles.